The third-order valence-electron chi connectivity index (χ3n) is 7.97. The molecule has 0 heterocycles. The summed E-state index contributed by atoms with van der Waals surface area (Å²) in [6, 6.07) is 0.451. The molecule has 0 saturated heterocycles. The molecule has 1 saturated carbocycles. The number of rotatable bonds is 19. The van der Waals surface area contributed by atoms with Crippen LogP contribution in [0.15, 0.2) is 0 Å². The van der Waals surface area contributed by atoms with Crippen molar-refractivity contribution in [3.05, 3.63) is 0 Å². The summed E-state index contributed by atoms with van der Waals surface area (Å²) in [4.78, 5) is 0. The number of hydrogen-bond acceptors (Lipinski definition) is 1. The molecule has 2 N–H and O–H groups in total. The van der Waals surface area contributed by atoms with E-state index in [1.165, 1.54) is 141 Å². The molecule has 0 radical (unpaired) electrons. The quantitative estimate of drug-likeness (QED) is 0.197. The minimum atomic E-state index is 0. The highest BCUT2D eigenvalue weighted by Gasteiger charge is 2.43. The molecule has 1 rings (SSSR count). The molecule has 0 aliphatic heterocycles. The molecule has 0 aromatic carbocycles. The highest BCUT2D eigenvalue weighted by atomic mass is 35.5. The van der Waals surface area contributed by atoms with Gasteiger partial charge in [-0.3, -0.25) is 0 Å². The van der Waals surface area contributed by atoms with Crippen molar-refractivity contribution in [3.8, 4) is 0 Å². The number of unbranched alkanes of at least 4 members (excludes halogenated alkanes) is 12. The Morgan fingerprint density at radius 1 is 0.700 bits per heavy atom. The highest BCUT2D eigenvalue weighted by Crippen LogP contribution is 2.49. The van der Waals surface area contributed by atoms with Crippen LogP contribution in [0.4, 0.5) is 0 Å². The van der Waals surface area contributed by atoms with Crippen LogP contribution in [0.5, 0.6) is 0 Å². The lowest BCUT2D eigenvalue weighted by molar-refractivity contribution is 0.0399. The fourth-order valence-electron chi connectivity index (χ4n) is 6.25. The second-order valence-electron chi connectivity index (χ2n) is 10.4. The van der Waals surface area contributed by atoms with Crippen LogP contribution in [0, 0.1) is 11.3 Å². The predicted octanol–water partition coefficient (Wildman–Crippen LogP) is 9.99. The van der Waals surface area contributed by atoms with E-state index in [2.05, 4.69) is 20.8 Å². The highest BCUT2D eigenvalue weighted by molar-refractivity contribution is 5.85. The maximum absolute atomic E-state index is 6.93. The third kappa shape index (κ3) is 11.8. The van der Waals surface area contributed by atoms with Crippen molar-refractivity contribution in [2.24, 2.45) is 17.1 Å². The van der Waals surface area contributed by atoms with Crippen LogP contribution >= 0.6 is 12.4 Å². The Labute approximate surface area is 197 Å². The van der Waals surface area contributed by atoms with Crippen molar-refractivity contribution in [1.29, 1.82) is 0 Å². The fraction of sp³-hybridized carbons (Fsp3) is 1.00. The Morgan fingerprint density at radius 2 is 1.23 bits per heavy atom. The van der Waals surface area contributed by atoms with Crippen LogP contribution in [-0.4, -0.2) is 6.04 Å². The molecule has 1 aliphatic carbocycles. The van der Waals surface area contributed by atoms with Crippen LogP contribution in [0.25, 0.3) is 0 Å². The van der Waals surface area contributed by atoms with E-state index < -0.39 is 0 Å². The van der Waals surface area contributed by atoms with Crippen molar-refractivity contribution in [3.63, 3.8) is 0 Å². The van der Waals surface area contributed by atoms with Gasteiger partial charge in [-0.15, -0.1) is 12.4 Å². The topological polar surface area (TPSA) is 26.0 Å². The molecule has 0 amide bonds. The Hall–Kier alpha value is 0.250. The fourth-order valence-corrected chi connectivity index (χ4v) is 6.25. The SMILES string of the molecule is CCCCCCCCCCCCCCCC(N)C1(CCC)CCCCC1CCC.Cl. The number of halogens is 1. The van der Waals surface area contributed by atoms with Crippen LogP contribution in [0.2, 0.25) is 0 Å². The zero-order valence-corrected chi connectivity index (χ0v) is 22.0. The van der Waals surface area contributed by atoms with E-state index in [1.54, 1.807) is 0 Å². The van der Waals surface area contributed by atoms with Gasteiger partial charge >= 0.3 is 0 Å². The predicted molar refractivity (Wildman–Crippen MR) is 140 cm³/mol. The first-order chi connectivity index (χ1) is 14.2. The Morgan fingerprint density at radius 3 is 1.73 bits per heavy atom. The van der Waals surface area contributed by atoms with Crippen molar-refractivity contribution in [2.75, 3.05) is 0 Å². The standard InChI is InChI=1S/C28H57N.ClH/c1-4-7-8-9-10-11-12-13-14-15-16-17-18-23-27(29)28(24-6-3)25-20-19-22-26(28)21-5-2;/h26-27H,4-25,29H2,1-3H3;1H. The van der Waals surface area contributed by atoms with Crippen LogP contribution in [0.3, 0.4) is 0 Å². The van der Waals surface area contributed by atoms with Gasteiger partial charge in [-0.2, -0.15) is 0 Å². The molecule has 30 heavy (non-hydrogen) atoms. The van der Waals surface area contributed by atoms with Crippen molar-refractivity contribution in [1.82, 2.24) is 0 Å². The van der Waals surface area contributed by atoms with Gasteiger partial charge in [-0.25, -0.2) is 0 Å². The molecule has 3 atom stereocenters. The largest absolute Gasteiger partial charge is 0.327 e. The summed E-state index contributed by atoms with van der Waals surface area (Å²) < 4.78 is 0. The monoisotopic (exact) mass is 443 g/mol. The molecular weight excluding hydrogens is 386 g/mol. The van der Waals surface area contributed by atoms with Gasteiger partial charge in [0.05, 0.1) is 0 Å². The molecule has 0 bridgehead atoms. The van der Waals surface area contributed by atoms with Crippen LogP contribution < -0.4 is 5.73 Å². The smallest absolute Gasteiger partial charge is 0.00982 e. The Kier molecular flexibility index (Phi) is 20.1. The van der Waals surface area contributed by atoms with Gasteiger partial charge in [0.25, 0.3) is 0 Å². The second-order valence-corrected chi connectivity index (χ2v) is 10.4. The summed E-state index contributed by atoms with van der Waals surface area (Å²) in [6.45, 7) is 7.04. The van der Waals surface area contributed by atoms with Gasteiger partial charge in [0.15, 0.2) is 0 Å². The Bertz CT molecular complexity index is 353. The minimum absolute atomic E-state index is 0. The second kappa shape index (κ2) is 19.9. The normalized spacial score (nSPS) is 22.6. The maximum atomic E-state index is 6.93. The summed E-state index contributed by atoms with van der Waals surface area (Å²) in [6.07, 6.45) is 31.1. The van der Waals surface area contributed by atoms with E-state index in [0.29, 0.717) is 11.5 Å². The molecule has 1 nitrogen and oxygen atoms in total. The van der Waals surface area contributed by atoms with Crippen molar-refractivity contribution in [2.45, 2.75) is 168 Å². The number of hydrogen-bond donors (Lipinski definition) is 1. The Balaban J connectivity index is 0.00000841. The van der Waals surface area contributed by atoms with Gasteiger partial charge < -0.3 is 5.73 Å². The van der Waals surface area contributed by atoms with Gasteiger partial charge in [0.1, 0.15) is 0 Å². The maximum Gasteiger partial charge on any atom is 0.00982 e. The van der Waals surface area contributed by atoms with E-state index in [1.807, 2.05) is 0 Å². The molecule has 3 unspecified atom stereocenters. The van der Waals surface area contributed by atoms with E-state index in [9.17, 15) is 0 Å². The molecule has 1 aliphatic rings. The third-order valence-corrected chi connectivity index (χ3v) is 7.97. The molecule has 2 heteroatoms. The zero-order chi connectivity index (χ0) is 21.2. The number of nitrogens with two attached hydrogens (primary N) is 1. The van der Waals surface area contributed by atoms with Gasteiger partial charge in [-0.05, 0) is 37.0 Å². The van der Waals surface area contributed by atoms with E-state index in [-0.39, 0.29) is 12.4 Å². The van der Waals surface area contributed by atoms with Gasteiger partial charge in [0, 0.05) is 6.04 Å². The zero-order valence-electron chi connectivity index (χ0n) is 21.2. The first-order valence-corrected chi connectivity index (χ1v) is 14.0. The average molecular weight is 444 g/mol. The summed E-state index contributed by atoms with van der Waals surface area (Å²) in [7, 11) is 0. The van der Waals surface area contributed by atoms with E-state index in [4.69, 9.17) is 5.73 Å². The summed E-state index contributed by atoms with van der Waals surface area (Å²) in [5.41, 5.74) is 7.40. The van der Waals surface area contributed by atoms with Gasteiger partial charge in [0.2, 0.25) is 0 Å². The summed E-state index contributed by atoms with van der Waals surface area (Å²) in [5, 5.41) is 0. The lowest BCUT2D eigenvalue weighted by Gasteiger charge is -2.49. The summed E-state index contributed by atoms with van der Waals surface area (Å²) in [5.74, 6) is 0.901. The van der Waals surface area contributed by atoms with Crippen LogP contribution in [0.1, 0.15) is 162 Å². The van der Waals surface area contributed by atoms with Crippen molar-refractivity contribution >= 4 is 12.4 Å². The molecular formula is C28H58ClN. The van der Waals surface area contributed by atoms with Crippen LogP contribution in [-0.2, 0) is 0 Å². The van der Waals surface area contributed by atoms with E-state index >= 15 is 0 Å². The van der Waals surface area contributed by atoms with E-state index in [0.717, 1.165) is 5.92 Å². The average Bonchev–Trinajstić information content (AvgIpc) is 2.73. The molecule has 0 aromatic rings. The lowest BCUT2D eigenvalue weighted by atomic mass is 9.58. The van der Waals surface area contributed by atoms with Crippen molar-refractivity contribution < 1.29 is 0 Å². The first-order valence-electron chi connectivity index (χ1n) is 14.0. The lowest BCUT2D eigenvalue weighted by Crippen LogP contribution is -2.48. The van der Waals surface area contributed by atoms with Gasteiger partial charge in [-0.1, -0.05) is 136 Å². The molecule has 1 fully saturated rings. The molecule has 0 aromatic heterocycles. The minimum Gasteiger partial charge on any atom is -0.327 e. The summed E-state index contributed by atoms with van der Waals surface area (Å²) >= 11 is 0. The first kappa shape index (κ1) is 30.2. The molecule has 182 valence electrons. The molecule has 0 spiro atoms.